The molecular formula is C29H38FN3O6. The summed E-state index contributed by atoms with van der Waals surface area (Å²) >= 11 is 0. The van der Waals surface area contributed by atoms with Gasteiger partial charge in [0.25, 0.3) is 5.91 Å². The first-order chi connectivity index (χ1) is 18.3. The van der Waals surface area contributed by atoms with E-state index < -0.39 is 58.1 Å². The molecule has 39 heavy (non-hydrogen) atoms. The van der Waals surface area contributed by atoms with Crippen molar-refractivity contribution in [2.75, 3.05) is 27.2 Å². The summed E-state index contributed by atoms with van der Waals surface area (Å²) in [6.45, 7) is 9.56. The lowest BCUT2D eigenvalue weighted by Crippen LogP contribution is -2.60. The average molecular weight is 544 g/mol. The first-order valence-electron chi connectivity index (χ1n) is 13.4. The summed E-state index contributed by atoms with van der Waals surface area (Å²) in [6, 6.07) is 0.316. The van der Waals surface area contributed by atoms with E-state index in [1.807, 2.05) is 6.92 Å². The molecule has 1 aromatic carbocycles. The number of primary amides is 1. The zero-order valence-corrected chi connectivity index (χ0v) is 22.9. The van der Waals surface area contributed by atoms with Gasteiger partial charge in [-0.25, -0.2) is 4.39 Å². The second kappa shape index (κ2) is 10.4. The van der Waals surface area contributed by atoms with Gasteiger partial charge in [0.2, 0.25) is 0 Å². The number of fused-ring (bicyclic) bond motifs is 3. The number of halogens is 1. The molecule has 3 aliphatic rings. The zero-order valence-electron chi connectivity index (χ0n) is 22.9. The second-order valence-electron chi connectivity index (χ2n) is 11.1. The van der Waals surface area contributed by atoms with Gasteiger partial charge >= 0.3 is 0 Å². The minimum Gasteiger partial charge on any atom is -0.510 e. The van der Waals surface area contributed by atoms with E-state index in [2.05, 4.69) is 18.4 Å². The number of amides is 1. The van der Waals surface area contributed by atoms with Crippen LogP contribution < -0.4 is 5.73 Å². The third-order valence-electron chi connectivity index (χ3n) is 8.59. The van der Waals surface area contributed by atoms with Gasteiger partial charge in [-0.2, -0.15) is 0 Å². The van der Waals surface area contributed by atoms with Gasteiger partial charge in [-0.1, -0.05) is 26.8 Å². The van der Waals surface area contributed by atoms with Gasteiger partial charge in [0.1, 0.15) is 23.1 Å². The molecule has 4 rings (SSSR count). The first-order valence-corrected chi connectivity index (χ1v) is 13.4. The van der Waals surface area contributed by atoms with Crippen molar-refractivity contribution >= 4 is 11.7 Å². The molecule has 1 aromatic rings. The monoisotopic (exact) mass is 543 g/mol. The van der Waals surface area contributed by atoms with E-state index in [0.717, 1.165) is 19.4 Å². The van der Waals surface area contributed by atoms with Gasteiger partial charge in [-0.05, 0) is 58.4 Å². The van der Waals surface area contributed by atoms with Crippen LogP contribution >= 0.6 is 0 Å². The van der Waals surface area contributed by atoms with Gasteiger partial charge in [0.05, 0.1) is 17.2 Å². The molecule has 0 aliphatic heterocycles. The number of aromatic hydroxyl groups is 1. The Bertz CT molecular complexity index is 1300. The summed E-state index contributed by atoms with van der Waals surface area (Å²) in [4.78, 5) is 29.6. The number of rotatable bonds is 8. The number of unbranched alkanes of at least 4 members (excludes halogenated alkanes) is 1. The number of ketones is 1. The molecule has 4 atom stereocenters. The van der Waals surface area contributed by atoms with Gasteiger partial charge in [-0.3, -0.25) is 19.4 Å². The normalized spacial score (nSPS) is 26.7. The number of carbonyl (C=O) groups excluding carboxylic acids is 2. The predicted octanol–water partition coefficient (Wildman–Crippen LogP) is 2.87. The number of nitrogens with zero attached hydrogens (tertiary/aromatic N) is 2. The number of phenolic OH excluding ortho intramolecular Hbond substituents is 1. The lowest BCUT2D eigenvalue weighted by atomic mass is 9.57. The number of likely N-dealkylation sites (N-methyl/N-ethyl adjacent to an activating group) is 1. The van der Waals surface area contributed by atoms with Crippen molar-refractivity contribution in [2.24, 2.45) is 17.6 Å². The molecular weight excluding hydrogens is 505 g/mol. The summed E-state index contributed by atoms with van der Waals surface area (Å²) in [7, 11) is 3.27. The van der Waals surface area contributed by atoms with E-state index >= 15 is 4.39 Å². The van der Waals surface area contributed by atoms with Crippen molar-refractivity contribution in [1.29, 1.82) is 0 Å². The maximum atomic E-state index is 15.9. The Hall–Kier alpha value is -3.21. The van der Waals surface area contributed by atoms with Gasteiger partial charge < -0.3 is 26.2 Å². The summed E-state index contributed by atoms with van der Waals surface area (Å²) in [6.07, 6.45) is 2.01. The van der Waals surface area contributed by atoms with Crippen molar-refractivity contribution in [3.05, 3.63) is 63.4 Å². The van der Waals surface area contributed by atoms with E-state index in [4.69, 9.17) is 5.73 Å². The molecule has 0 aromatic heterocycles. The lowest BCUT2D eigenvalue weighted by molar-refractivity contribution is -0.115. The Labute approximate surface area is 227 Å². The first kappa shape index (κ1) is 28.8. The number of Topliss-reactive ketones (excluding diaryl/α,β-unsaturated/α-hetero) is 1. The highest BCUT2D eigenvalue weighted by Gasteiger charge is 2.60. The van der Waals surface area contributed by atoms with Crippen molar-refractivity contribution in [1.82, 2.24) is 9.80 Å². The summed E-state index contributed by atoms with van der Waals surface area (Å²) in [5, 5.41) is 45.2. The minimum atomic E-state index is -2.28. The zero-order chi connectivity index (χ0) is 29.0. The highest BCUT2D eigenvalue weighted by atomic mass is 19.1. The van der Waals surface area contributed by atoms with Crippen LogP contribution in [0, 0.1) is 17.7 Å². The summed E-state index contributed by atoms with van der Waals surface area (Å²) < 4.78 is 15.9. The van der Waals surface area contributed by atoms with E-state index in [0.29, 0.717) is 6.54 Å². The number of aliphatic hydroxyl groups is 3. The smallest absolute Gasteiger partial charge is 0.252 e. The summed E-state index contributed by atoms with van der Waals surface area (Å²) in [5.41, 5.74) is 2.44. The highest BCUT2D eigenvalue weighted by Crippen LogP contribution is 2.55. The van der Waals surface area contributed by atoms with Crippen LogP contribution in [0.25, 0.3) is 0 Å². The van der Waals surface area contributed by atoms with Gasteiger partial charge in [-0.15, -0.1) is 0 Å². The largest absolute Gasteiger partial charge is 0.510 e. The molecule has 0 saturated heterocycles. The molecule has 0 bridgehead atoms. The number of carbonyl (C=O) groups is 2. The van der Waals surface area contributed by atoms with Crippen molar-refractivity contribution in [3.8, 4) is 5.75 Å². The Balaban J connectivity index is 1.84. The fourth-order valence-electron chi connectivity index (χ4n) is 6.61. The fraction of sp³-hybridized carbons (Fsp3) is 0.517. The molecule has 3 aliphatic carbocycles. The average Bonchev–Trinajstić information content (AvgIpc) is 2.86. The molecule has 0 fully saturated rings. The molecule has 0 radical (unpaired) electrons. The molecule has 0 heterocycles. The van der Waals surface area contributed by atoms with Crippen LogP contribution in [0.1, 0.15) is 54.6 Å². The van der Waals surface area contributed by atoms with Crippen LogP contribution in [0.15, 0.2) is 40.9 Å². The van der Waals surface area contributed by atoms with Crippen LogP contribution in [0.5, 0.6) is 5.75 Å². The SMILES string of the molecule is C=C1C(C(N)=O)=C(O)[C@@H](N(C)C)[C@@H]2C[C@@H]3Cc4c(F)c(CN(CC)CCCC)cc(O)c4C(=O)C3=C(O)[C@]12O. The van der Waals surface area contributed by atoms with Crippen LogP contribution in [0.3, 0.4) is 0 Å². The van der Waals surface area contributed by atoms with Crippen LogP contribution in [-0.4, -0.2) is 80.7 Å². The number of benzene rings is 1. The fourth-order valence-corrected chi connectivity index (χ4v) is 6.61. The molecule has 0 spiro atoms. The van der Waals surface area contributed by atoms with Crippen molar-refractivity contribution < 1.29 is 34.4 Å². The number of hydrogen-bond donors (Lipinski definition) is 5. The number of hydrogen-bond acceptors (Lipinski definition) is 8. The Kier molecular flexibility index (Phi) is 7.68. The second-order valence-corrected chi connectivity index (χ2v) is 11.1. The van der Waals surface area contributed by atoms with E-state index in [9.17, 15) is 30.0 Å². The third kappa shape index (κ3) is 4.34. The van der Waals surface area contributed by atoms with Crippen molar-refractivity contribution in [3.63, 3.8) is 0 Å². The molecule has 0 saturated carbocycles. The molecule has 9 nitrogen and oxygen atoms in total. The Morgan fingerprint density at radius 2 is 1.92 bits per heavy atom. The van der Waals surface area contributed by atoms with Gasteiger partial charge in [0.15, 0.2) is 11.4 Å². The third-order valence-corrected chi connectivity index (χ3v) is 8.59. The quantitative estimate of drug-likeness (QED) is 0.336. The molecule has 212 valence electrons. The highest BCUT2D eigenvalue weighted by molar-refractivity contribution is 6.13. The number of aliphatic hydroxyl groups excluding tert-OH is 2. The number of phenols is 1. The van der Waals surface area contributed by atoms with Crippen LogP contribution in [-0.2, 0) is 17.8 Å². The van der Waals surface area contributed by atoms with E-state index in [1.165, 1.54) is 6.07 Å². The van der Waals surface area contributed by atoms with Gasteiger partial charge in [0, 0.05) is 34.7 Å². The molecule has 0 unspecified atom stereocenters. The predicted molar refractivity (Wildman–Crippen MR) is 144 cm³/mol. The number of nitrogens with two attached hydrogens (primary N) is 1. The minimum absolute atomic E-state index is 0.00113. The molecule has 1 amide bonds. The maximum absolute atomic E-state index is 15.9. The molecule has 6 N–H and O–H groups in total. The van der Waals surface area contributed by atoms with Crippen molar-refractivity contribution in [2.45, 2.75) is 57.7 Å². The lowest BCUT2D eigenvalue weighted by Gasteiger charge is -2.52. The topological polar surface area (TPSA) is 148 Å². The van der Waals surface area contributed by atoms with E-state index in [1.54, 1.807) is 19.0 Å². The molecule has 10 heteroatoms. The van der Waals surface area contributed by atoms with Crippen LogP contribution in [0.4, 0.5) is 4.39 Å². The van der Waals surface area contributed by atoms with Crippen LogP contribution in [0.2, 0.25) is 0 Å². The Morgan fingerprint density at radius 1 is 1.26 bits per heavy atom. The summed E-state index contributed by atoms with van der Waals surface area (Å²) in [5.74, 6) is -5.52. The maximum Gasteiger partial charge on any atom is 0.252 e. The number of allylic oxidation sites excluding steroid dienone is 1. The standard InChI is InChI=1S/C29H38FN3O6/c1-6-8-9-33(7-2)13-16-12-19(34)22-17(23(16)30)10-15-11-18-24(32(4)5)26(36)20(28(31)38)14(3)29(18,39)27(37)21(15)25(22)35/h12,15,18,24,34,36-37,39H,3,6-11,13H2,1-2,4-5H3,(H2,31,38)/t15-,18-,24-,29-/m0/s1. The Morgan fingerprint density at radius 3 is 2.49 bits per heavy atom. The van der Waals surface area contributed by atoms with E-state index in [-0.39, 0.29) is 53.0 Å².